The van der Waals surface area contributed by atoms with Crippen LogP contribution < -0.4 is 10.1 Å². The van der Waals surface area contributed by atoms with Crippen molar-refractivity contribution in [1.29, 1.82) is 0 Å². The Hall–Kier alpha value is -1.17. The van der Waals surface area contributed by atoms with E-state index in [4.69, 9.17) is 14.2 Å². The number of nitrogens with one attached hydrogen (secondary N) is 1. The molecule has 0 radical (unpaired) electrons. The molecule has 1 aliphatic rings. The summed E-state index contributed by atoms with van der Waals surface area (Å²) in [5.74, 6) is 0.476. The van der Waals surface area contributed by atoms with Crippen LogP contribution in [0.1, 0.15) is 18.9 Å². The molecule has 1 saturated carbocycles. The van der Waals surface area contributed by atoms with Gasteiger partial charge in [0.2, 0.25) is 0 Å². The normalized spacial score (nSPS) is 24.7. The van der Waals surface area contributed by atoms with E-state index in [2.05, 4.69) is 12.2 Å². The number of methoxy groups -OCH3 is 1. The SMILES string of the molecule is CCNC1CC(Oc2ccc(F)c(C)c2)C1OCCOC. The number of hydrogen-bond acceptors (Lipinski definition) is 4. The highest BCUT2D eigenvalue weighted by molar-refractivity contribution is 5.29. The minimum Gasteiger partial charge on any atom is -0.488 e. The summed E-state index contributed by atoms with van der Waals surface area (Å²) in [7, 11) is 1.65. The van der Waals surface area contributed by atoms with E-state index < -0.39 is 0 Å². The molecule has 1 fully saturated rings. The summed E-state index contributed by atoms with van der Waals surface area (Å²) in [5, 5.41) is 3.39. The molecule has 0 amide bonds. The molecule has 1 aromatic carbocycles. The van der Waals surface area contributed by atoms with E-state index >= 15 is 0 Å². The second-order valence-corrected chi connectivity index (χ2v) is 5.30. The summed E-state index contributed by atoms with van der Waals surface area (Å²) in [6, 6.07) is 5.13. The Balaban J connectivity index is 1.92. The Bertz CT molecular complexity index is 455. The van der Waals surface area contributed by atoms with Gasteiger partial charge in [0.05, 0.1) is 13.2 Å². The first kappa shape index (κ1) is 16.2. The zero-order valence-corrected chi connectivity index (χ0v) is 12.9. The Kier molecular flexibility index (Phi) is 5.96. The molecule has 118 valence electrons. The van der Waals surface area contributed by atoms with Gasteiger partial charge in [-0.05, 0) is 37.2 Å². The minimum atomic E-state index is -0.214. The zero-order valence-electron chi connectivity index (χ0n) is 12.9. The number of halogens is 1. The third-order valence-corrected chi connectivity index (χ3v) is 3.73. The average molecular weight is 297 g/mol. The van der Waals surface area contributed by atoms with Gasteiger partial charge in [-0.1, -0.05) is 6.92 Å². The van der Waals surface area contributed by atoms with Crippen LogP contribution >= 0.6 is 0 Å². The van der Waals surface area contributed by atoms with Crippen molar-refractivity contribution in [2.45, 2.75) is 38.5 Å². The molecule has 1 N–H and O–H groups in total. The highest BCUT2D eigenvalue weighted by Gasteiger charge is 2.43. The molecule has 0 aromatic heterocycles. The van der Waals surface area contributed by atoms with E-state index in [1.807, 2.05) is 0 Å². The number of rotatable bonds is 8. The Morgan fingerprint density at radius 3 is 2.81 bits per heavy atom. The molecule has 0 spiro atoms. The van der Waals surface area contributed by atoms with E-state index in [1.165, 1.54) is 6.07 Å². The third-order valence-electron chi connectivity index (χ3n) is 3.73. The van der Waals surface area contributed by atoms with Crippen molar-refractivity contribution >= 4 is 0 Å². The minimum absolute atomic E-state index is 0.00392. The van der Waals surface area contributed by atoms with Crippen LogP contribution in [-0.4, -0.2) is 45.1 Å². The fourth-order valence-corrected chi connectivity index (χ4v) is 2.51. The first-order valence-electron chi connectivity index (χ1n) is 7.42. The van der Waals surface area contributed by atoms with Crippen LogP contribution in [0, 0.1) is 12.7 Å². The topological polar surface area (TPSA) is 39.7 Å². The second-order valence-electron chi connectivity index (χ2n) is 5.30. The summed E-state index contributed by atoms with van der Waals surface area (Å²) in [5.41, 5.74) is 0.590. The predicted octanol–water partition coefficient (Wildman–Crippen LogP) is 2.29. The van der Waals surface area contributed by atoms with Crippen LogP contribution in [0.2, 0.25) is 0 Å². The van der Waals surface area contributed by atoms with Gasteiger partial charge in [-0.2, -0.15) is 0 Å². The standard InChI is InChI=1S/C16H24FNO3/c1-4-18-14-10-15(16(14)20-8-7-19-3)21-12-5-6-13(17)11(2)9-12/h5-6,9,14-16,18H,4,7-8,10H2,1-3H3. The summed E-state index contributed by atoms with van der Waals surface area (Å²) in [6.45, 7) is 5.82. The highest BCUT2D eigenvalue weighted by atomic mass is 19.1. The molecule has 1 aromatic rings. The maximum atomic E-state index is 13.3. The molecule has 4 nitrogen and oxygen atoms in total. The van der Waals surface area contributed by atoms with Gasteiger partial charge in [0, 0.05) is 19.6 Å². The molecular weight excluding hydrogens is 273 g/mol. The Labute approximate surface area is 125 Å². The van der Waals surface area contributed by atoms with Crippen LogP contribution in [-0.2, 0) is 9.47 Å². The average Bonchev–Trinajstić information content (AvgIpc) is 2.46. The fraction of sp³-hybridized carbons (Fsp3) is 0.625. The number of hydrogen-bond donors (Lipinski definition) is 1. The van der Waals surface area contributed by atoms with Gasteiger partial charge < -0.3 is 19.5 Å². The van der Waals surface area contributed by atoms with Crippen LogP contribution in [0.25, 0.3) is 0 Å². The lowest BCUT2D eigenvalue weighted by Crippen LogP contribution is -2.61. The van der Waals surface area contributed by atoms with Gasteiger partial charge in [-0.25, -0.2) is 4.39 Å². The molecule has 3 atom stereocenters. The maximum Gasteiger partial charge on any atom is 0.128 e. The van der Waals surface area contributed by atoms with Crippen molar-refractivity contribution in [3.8, 4) is 5.75 Å². The molecule has 21 heavy (non-hydrogen) atoms. The van der Waals surface area contributed by atoms with Gasteiger partial charge in [0.1, 0.15) is 23.8 Å². The summed E-state index contributed by atoms with van der Waals surface area (Å²) in [6.07, 6.45) is 0.892. The van der Waals surface area contributed by atoms with Crippen molar-refractivity contribution in [2.24, 2.45) is 0 Å². The molecule has 0 aliphatic heterocycles. The molecule has 1 aliphatic carbocycles. The van der Waals surface area contributed by atoms with Crippen molar-refractivity contribution in [3.63, 3.8) is 0 Å². The number of aryl methyl sites for hydroxylation is 1. The predicted molar refractivity (Wildman–Crippen MR) is 79.3 cm³/mol. The maximum absolute atomic E-state index is 13.3. The molecular formula is C16H24FNO3. The van der Waals surface area contributed by atoms with Gasteiger partial charge in [0.25, 0.3) is 0 Å². The van der Waals surface area contributed by atoms with Crippen LogP contribution in [0.15, 0.2) is 18.2 Å². The second kappa shape index (κ2) is 7.73. The van der Waals surface area contributed by atoms with Crippen LogP contribution in [0.5, 0.6) is 5.75 Å². The zero-order chi connectivity index (χ0) is 15.2. The van der Waals surface area contributed by atoms with Crippen molar-refractivity contribution < 1.29 is 18.6 Å². The molecule has 0 heterocycles. The van der Waals surface area contributed by atoms with E-state index in [0.29, 0.717) is 30.6 Å². The first-order chi connectivity index (χ1) is 10.2. The monoisotopic (exact) mass is 297 g/mol. The lowest BCUT2D eigenvalue weighted by atomic mass is 9.85. The van der Waals surface area contributed by atoms with Crippen molar-refractivity contribution in [1.82, 2.24) is 5.32 Å². The van der Waals surface area contributed by atoms with Gasteiger partial charge in [0.15, 0.2) is 0 Å². The van der Waals surface area contributed by atoms with Gasteiger partial charge >= 0.3 is 0 Å². The molecule has 5 heteroatoms. The summed E-state index contributed by atoms with van der Waals surface area (Å²) < 4.78 is 30.1. The van der Waals surface area contributed by atoms with Gasteiger partial charge in [-0.3, -0.25) is 0 Å². The van der Waals surface area contributed by atoms with Crippen LogP contribution in [0.3, 0.4) is 0 Å². The largest absolute Gasteiger partial charge is 0.488 e. The Morgan fingerprint density at radius 2 is 2.14 bits per heavy atom. The lowest BCUT2D eigenvalue weighted by molar-refractivity contribution is -0.115. The number of likely N-dealkylation sites (N-methyl/N-ethyl adjacent to an activating group) is 1. The molecule has 3 unspecified atom stereocenters. The van der Waals surface area contributed by atoms with E-state index in [9.17, 15) is 4.39 Å². The molecule has 2 rings (SSSR count). The summed E-state index contributed by atoms with van der Waals surface area (Å²) >= 11 is 0. The third kappa shape index (κ3) is 4.15. The first-order valence-corrected chi connectivity index (χ1v) is 7.42. The molecule has 0 bridgehead atoms. The quantitative estimate of drug-likeness (QED) is 0.747. The Morgan fingerprint density at radius 1 is 1.33 bits per heavy atom. The highest BCUT2D eigenvalue weighted by Crippen LogP contribution is 2.29. The van der Waals surface area contributed by atoms with E-state index in [-0.39, 0.29) is 18.0 Å². The number of ether oxygens (including phenoxy) is 3. The number of benzene rings is 1. The van der Waals surface area contributed by atoms with E-state index in [0.717, 1.165) is 13.0 Å². The fourth-order valence-electron chi connectivity index (χ4n) is 2.51. The van der Waals surface area contributed by atoms with Crippen molar-refractivity contribution in [2.75, 3.05) is 26.9 Å². The summed E-state index contributed by atoms with van der Waals surface area (Å²) in [4.78, 5) is 0. The lowest BCUT2D eigenvalue weighted by Gasteiger charge is -2.44. The molecule has 0 saturated heterocycles. The van der Waals surface area contributed by atoms with Gasteiger partial charge in [-0.15, -0.1) is 0 Å². The van der Waals surface area contributed by atoms with E-state index in [1.54, 1.807) is 26.2 Å². The van der Waals surface area contributed by atoms with Crippen molar-refractivity contribution in [3.05, 3.63) is 29.6 Å². The van der Waals surface area contributed by atoms with Crippen LogP contribution in [0.4, 0.5) is 4.39 Å². The smallest absolute Gasteiger partial charge is 0.128 e.